The normalized spacial score (nSPS) is 16.9. The van der Waals surface area contributed by atoms with Gasteiger partial charge in [0.2, 0.25) is 0 Å². The van der Waals surface area contributed by atoms with Crippen molar-refractivity contribution in [1.82, 2.24) is 0 Å². The number of hydrogen-bond acceptors (Lipinski definition) is 2. The third-order valence-electron chi connectivity index (χ3n) is 4.79. The maximum atomic E-state index is 13.0. The van der Waals surface area contributed by atoms with E-state index in [1.165, 1.54) is 0 Å². The molecular formula is C23H18ClNO2. The predicted molar refractivity (Wildman–Crippen MR) is 109 cm³/mol. The zero-order valence-corrected chi connectivity index (χ0v) is 15.5. The molecule has 0 fully saturated rings. The molecule has 1 N–H and O–H groups in total. The van der Waals surface area contributed by atoms with Gasteiger partial charge in [-0.1, -0.05) is 71.8 Å². The van der Waals surface area contributed by atoms with Gasteiger partial charge in [-0.2, -0.15) is 0 Å². The summed E-state index contributed by atoms with van der Waals surface area (Å²) in [6, 6.07) is 24.2. The van der Waals surface area contributed by atoms with Gasteiger partial charge in [-0.25, -0.2) is 0 Å². The van der Waals surface area contributed by atoms with Crippen LogP contribution in [-0.4, -0.2) is 11.0 Å². The molecule has 0 aliphatic carbocycles. The first-order valence-corrected chi connectivity index (χ1v) is 9.08. The minimum Gasteiger partial charge on any atom is -0.503 e. The third kappa shape index (κ3) is 3.11. The van der Waals surface area contributed by atoms with Crippen LogP contribution in [0.15, 0.2) is 84.6 Å². The Hall–Kier alpha value is -3.04. The van der Waals surface area contributed by atoms with Gasteiger partial charge in [0.15, 0.2) is 5.76 Å². The van der Waals surface area contributed by atoms with Crippen molar-refractivity contribution in [2.45, 2.75) is 13.0 Å². The van der Waals surface area contributed by atoms with Crippen molar-refractivity contribution in [2.75, 3.05) is 4.90 Å². The fraction of sp³-hybridized carbons (Fsp3) is 0.0870. The van der Waals surface area contributed by atoms with Gasteiger partial charge >= 0.3 is 0 Å². The molecule has 0 saturated carbocycles. The van der Waals surface area contributed by atoms with Crippen LogP contribution in [0.25, 0.3) is 5.57 Å². The topological polar surface area (TPSA) is 40.5 Å². The molecule has 134 valence electrons. The molecular weight excluding hydrogens is 358 g/mol. The second-order valence-corrected chi connectivity index (χ2v) is 7.03. The maximum Gasteiger partial charge on any atom is 0.294 e. The second kappa shape index (κ2) is 6.93. The molecule has 3 aromatic rings. The van der Waals surface area contributed by atoms with Gasteiger partial charge in [-0.3, -0.25) is 9.69 Å². The van der Waals surface area contributed by atoms with Crippen molar-refractivity contribution >= 4 is 28.8 Å². The van der Waals surface area contributed by atoms with Crippen LogP contribution in [0.4, 0.5) is 5.69 Å². The van der Waals surface area contributed by atoms with Crippen LogP contribution in [-0.2, 0) is 4.79 Å². The Bertz CT molecular complexity index is 1010. The zero-order valence-electron chi connectivity index (χ0n) is 14.8. The Morgan fingerprint density at radius 1 is 0.889 bits per heavy atom. The van der Waals surface area contributed by atoms with Gasteiger partial charge in [0.1, 0.15) is 0 Å². The summed E-state index contributed by atoms with van der Waals surface area (Å²) >= 11 is 6.01. The van der Waals surface area contributed by atoms with E-state index in [2.05, 4.69) is 0 Å². The molecule has 0 bridgehead atoms. The molecule has 3 nitrogen and oxygen atoms in total. The minimum absolute atomic E-state index is 0.220. The van der Waals surface area contributed by atoms with Crippen LogP contribution in [0.3, 0.4) is 0 Å². The van der Waals surface area contributed by atoms with E-state index in [9.17, 15) is 9.90 Å². The lowest BCUT2D eigenvalue weighted by atomic mass is 9.93. The number of rotatable bonds is 3. The lowest BCUT2D eigenvalue weighted by Crippen LogP contribution is -2.30. The summed E-state index contributed by atoms with van der Waals surface area (Å²) in [5, 5.41) is 11.4. The number of carbonyl (C=O) groups is 1. The number of amides is 1. The SMILES string of the molecule is Cc1ccc(C2=C(O)C(=O)N(c3ccc(Cl)cc3)[C@H]2c2ccccc2)cc1. The van der Waals surface area contributed by atoms with Crippen LogP contribution >= 0.6 is 11.6 Å². The van der Waals surface area contributed by atoms with Crippen LogP contribution in [0, 0.1) is 6.92 Å². The number of aliphatic hydroxyl groups excluding tert-OH is 1. The molecule has 27 heavy (non-hydrogen) atoms. The summed E-state index contributed by atoms with van der Waals surface area (Å²) in [6.07, 6.45) is 0. The van der Waals surface area contributed by atoms with Crippen molar-refractivity contribution in [3.8, 4) is 0 Å². The highest BCUT2D eigenvalue weighted by molar-refractivity contribution is 6.30. The van der Waals surface area contributed by atoms with E-state index < -0.39 is 11.9 Å². The number of halogens is 1. The summed E-state index contributed by atoms with van der Waals surface area (Å²) in [5.41, 5.74) is 4.18. The highest BCUT2D eigenvalue weighted by Gasteiger charge is 2.41. The first-order chi connectivity index (χ1) is 13.1. The van der Waals surface area contributed by atoms with Gasteiger partial charge in [-0.15, -0.1) is 0 Å². The fourth-order valence-corrected chi connectivity index (χ4v) is 3.58. The number of anilines is 1. The number of aryl methyl sites for hydroxylation is 1. The van der Waals surface area contributed by atoms with Crippen LogP contribution in [0.2, 0.25) is 5.02 Å². The highest BCUT2D eigenvalue weighted by Crippen LogP contribution is 2.45. The van der Waals surface area contributed by atoms with Gasteiger partial charge in [0.25, 0.3) is 5.91 Å². The Morgan fingerprint density at radius 3 is 2.15 bits per heavy atom. The van der Waals surface area contributed by atoms with Gasteiger partial charge in [0, 0.05) is 16.3 Å². The van der Waals surface area contributed by atoms with Crippen LogP contribution in [0.5, 0.6) is 0 Å². The van der Waals surface area contributed by atoms with E-state index in [4.69, 9.17) is 11.6 Å². The second-order valence-electron chi connectivity index (χ2n) is 6.59. The minimum atomic E-state index is -0.415. The smallest absolute Gasteiger partial charge is 0.294 e. The predicted octanol–water partition coefficient (Wildman–Crippen LogP) is 5.71. The molecule has 1 amide bonds. The van der Waals surface area contributed by atoms with E-state index in [0.29, 0.717) is 16.3 Å². The lowest BCUT2D eigenvalue weighted by Gasteiger charge is -2.27. The average Bonchev–Trinajstić information content (AvgIpc) is 2.95. The molecule has 1 aliphatic heterocycles. The quantitative estimate of drug-likeness (QED) is 0.637. The standard InChI is InChI=1S/C23H18ClNO2/c1-15-7-9-16(10-8-15)20-21(17-5-3-2-4-6-17)25(23(27)22(20)26)19-13-11-18(24)12-14-19/h2-14,21,26H,1H3/t21-/m0/s1. The Balaban J connectivity index is 1.89. The molecule has 0 saturated heterocycles. The van der Waals surface area contributed by atoms with Gasteiger partial charge in [0.05, 0.1) is 6.04 Å². The first kappa shape index (κ1) is 17.4. The fourth-order valence-electron chi connectivity index (χ4n) is 3.45. The van der Waals surface area contributed by atoms with Gasteiger partial charge < -0.3 is 5.11 Å². The number of aliphatic hydroxyl groups is 1. The van der Waals surface area contributed by atoms with Gasteiger partial charge in [-0.05, 0) is 42.3 Å². The van der Waals surface area contributed by atoms with Crippen molar-refractivity contribution < 1.29 is 9.90 Å². The molecule has 0 radical (unpaired) electrons. The molecule has 0 unspecified atom stereocenters. The summed E-state index contributed by atoms with van der Waals surface area (Å²) in [5.74, 6) is -0.635. The number of hydrogen-bond donors (Lipinski definition) is 1. The van der Waals surface area contributed by atoms with Crippen LogP contribution < -0.4 is 4.90 Å². The zero-order chi connectivity index (χ0) is 19.0. The summed E-state index contributed by atoms with van der Waals surface area (Å²) in [4.78, 5) is 14.6. The van der Waals surface area contributed by atoms with E-state index in [0.717, 1.165) is 16.7 Å². The average molecular weight is 376 g/mol. The van der Waals surface area contributed by atoms with Crippen molar-refractivity contribution in [1.29, 1.82) is 0 Å². The molecule has 1 aliphatic rings. The van der Waals surface area contributed by atoms with Crippen molar-refractivity contribution in [3.05, 3.63) is 106 Å². The number of nitrogens with zero attached hydrogens (tertiary/aromatic N) is 1. The summed E-state index contributed by atoms with van der Waals surface area (Å²) in [7, 11) is 0. The van der Waals surface area contributed by atoms with Crippen molar-refractivity contribution in [2.24, 2.45) is 0 Å². The van der Waals surface area contributed by atoms with Crippen molar-refractivity contribution in [3.63, 3.8) is 0 Å². The van der Waals surface area contributed by atoms with E-state index in [1.54, 1.807) is 29.2 Å². The van der Waals surface area contributed by atoms with E-state index in [1.807, 2.05) is 61.5 Å². The lowest BCUT2D eigenvalue weighted by molar-refractivity contribution is -0.117. The molecule has 3 aromatic carbocycles. The third-order valence-corrected chi connectivity index (χ3v) is 5.04. The summed E-state index contributed by atoms with van der Waals surface area (Å²) < 4.78 is 0. The van der Waals surface area contributed by atoms with Crippen LogP contribution in [0.1, 0.15) is 22.7 Å². The highest BCUT2D eigenvalue weighted by atomic mass is 35.5. The molecule has 1 heterocycles. The van der Waals surface area contributed by atoms with E-state index >= 15 is 0 Å². The molecule has 4 rings (SSSR count). The Labute approximate surface area is 163 Å². The maximum absolute atomic E-state index is 13.0. The monoisotopic (exact) mass is 375 g/mol. The molecule has 0 aromatic heterocycles. The number of benzene rings is 3. The summed E-state index contributed by atoms with van der Waals surface area (Å²) in [6.45, 7) is 2.01. The molecule has 0 spiro atoms. The van der Waals surface area contributed by atoms with E-state index in [-0.39, 0.29) is 5.76 Å². The largest absolute Gasteiger partial charge is 0.503 e. The molecule has 1 atom stereocenters. The Morgan fingerprint density at radius 2 is 1.52 bits per heavy atom. The first-order valence-electron chi connectivity index (χ1n) is 8.70. The number of carbonyl (C=O) groups excluding carboxylic acids is 1. The molecule has 4 heteroatoms. The Kier molecular flexibility index (Phi) is 4.46.